The molecule has 1 heterocycles. The summed E-state index contributed by atoms with van der Waals surface area (Å²) in [6, 6.07) is 11.2. The number of ether oxygens (including phenoxy) is 2. The minimum absolute atomic E-state index is 0.0659. The summed E-state index contributed by atoms with van der Waals surface area (Å²) in [6.45, 7) is 6.72. The van der Waals surface area contributed by atoms with E-state index in [1.807, 2.05) is 12.1 Å². The van der Waals surface area contributed by atoms with Crippen molar-refractivity contribution < 1.29 is 19.1 Å². The average molecular weight is 346 g/mol. The summed E-state index contributed by atoms with van der Waals surface area (Å²) in [7, 11) is 0.567. The van der Waals surface area contributed by atoms with Gasteiger partial charge in [0, 0.05) is 0 Å². The van der Waals surface area contributed by atoms with Crippen molar-refractivity contribution in [3.63, 3.8) is 0 Å². The van der Waals surface area contributed by atoms with Crippen LogP contribution in [0, 0.1) is 11.8 Å². The number of carbonyl (C=O) groups is 2. The maximum Gasteiger partial charge on any atom is 0.320 e. The van der Waals surface area contributed by atoms with Gasteiger partial charge in [0.2, 0.25) is 0 Å². The van der Waals surface area contributed by atoms with Gasteiger partial charge in [-0.05, 0) is 17.0 Å². The number of allylic oxidation sites excluding steroid dienone is 1. The summed E-state index contributed by atoms with van der Waals surface area (Å²) >= 11 is 0. The van der Waals surface area contributed by atoms with Gasteiger partial charge in [-0.1, -0.05) is 68.1 Å². The van der Waals surface area contributed by atoms with Crippen LogP contribution < -0.4 is 5.19 Å². The number of hydrogen-bond acceptors (Lipinski definition) is 4. The molecule has 0 spiro atoms. The van der Waals surface area contributed by atoms with Crippen molar-refractivity contribution in [1.29, 1.82) is 0 Å². The molecule has 130 valence electrons. The van der Waals surface area contributed by atoms with Crippen molar-refractivity contribution in [2.45, 2.75) is 31.9 Å². The highest BCUT2D eigenvalue weighted by atomic mass is 28.3. The molecule has 0 amide bonds. The van der Waals surface area contributed by atoms with Gasteiger partial charge in [-0.2, -0.15) is 0 Å². The molecule has 2 atom stereocenters. The molecule has 1 aromatic rings. The lowest BCUT2D eigenvalue weighted by Gasteiger charge is -2.40. The second-order valence-electron chi connectivity index (χ2n) is 7.34. The fourth-order valence-electron chi connectivity index (χ4n) is 3.66. The monoisotopic (exact) mass is 346 g/mol. The maximum absolute atomic E-state index is 12.2. The largest absolute Gasteiger partial charge is 0.468 e. The van der Waals surface area contributed by atoms with Crippen molar-refractivity contribution >= 4 is 25.2 Å². The molecule has 24 heavy (non-hydrogen) atoms. The second kappa shape index (κ2) is 6.93. The predicted molar refractivity (Wildman–Crippen MR) is 96.5 cm³/mol. The first-order valence-corrected chi connectivity index (χ1v) is 10.5. The molecule has 0 unspecified atom stereocenters. The van der Waals surface area contributed by atoms with Crippen molar-refractivity contribution in [3.8, 4) is 0 Å². The molecule has 0 radical (unpaired) electrons. The van der Waals surface area contributed by atoms with Crippen LogP contribution >= 0.6 is 0 Å². The molecular formula is C19H26O4Si. The zero-order chi connectivity index (χ0) is 18.0. The molecule has 1 aromatic carbocycles. The van der Waals surface area contributed by atoms with E-state index in [0.29, 0.717) is 0 Å². The van der Waals surface area contributed by atoms with Crippen LogP contribution in [0.4, 0.5) is 0 Å². The Morgan fingerprint density at radius 2 is 1.62 bits per heavy atom. The smallest absolute Gasteiger partial charge is 0.320 e. The third kappa shape index (κ3) is 3.18. The average Bonchev–Trinajstić information content (AvgIpc) is 3.01. The molecule has 0 bridgehead atoms. The van der Waals surface area contributed by atoms with E-state index in [9.17, 15) is 9.59 Å². The van der Waals surface area contributed by atoms with Crippen LogP contribution in [0.2, 0.25) is 11.1 Å². The van der Waals surface area contributed by atoms with Crippen LogP contribution in [-0.2, 0) is 19.1 Å². The Morgan fingerprint density at radius 1 is 1.08 bits per heavy atom. The zero-order valence-electron chi connectivity index (χ0n) is 15.0. The normalized spacial score (nSPS) is 23.3. The molecule has 0 saturated heterocycles. The first kappa shape index (κ1) is 18.5. The third-order valence-corrected chi connectivity index (χ3v) is 11.1. The first-order valence-electron chi connectivity index (χ1n) is 8.17. The SMILES string of the molecule is COC(=O)C(C(=O)OC)[C@@H]1C=C[Si@](c2ccccc2)(C(C)(C)C)C1. The van der Waals surface area contributed by atoms with Gasteiger partial charge in [-0.3, -0.25) is 9.59 Å². The molecule has 0 aromatic heterocycles. The van der Waals surface area contributed by atoms with Crippen molar-refractivity contribution in [3.05, 3.63) is 42.1 Å². The fourth-order valence-corrected chi connectivity index (χ4v) is 8.68. The van der Waals surface area contributed by atoms with Crippen LogP contribution in [0.3, 0.4) is 0 Å². The van der Waals surface area contributed by atoms with Gasteiger partial charge in [0.15, 0.2) is 5.92 Å². The second-order valence-corrected chi connectivity index (χ2v) is 12.1. The van der Waals surface area contributed by atoms with Crippen LogP contribution in [0.15, 0.2) is 42.1 Å². The minimum Gasteiger partial charge on any atom is -0.468 e. The third-order valence-electron chi connectivity index (χ3n) is 5.15. The summed E-state index contributed by atoms with van der Waals surface area (Å²) in [6.07, 6.45) is 2.03. The molecule has 0 N–H and O–H groups in total. The predicted octanol–water partition coefficient (Wildman–Crippen LogP) is 2.83. The summed E-state index contributed by atoms with van der Waals surface area (Å²) in [4.78, 5) is 24.3. The van der Waals surface area contributed by atoms with E-state index < -0.39 is 25.9 Å². The molecule has 0 saturated carbocycles. The first-order chi connectivity index (χ1) is 11.3. The Bertz CT molecular complexity index is 617. The molecule has 1 aliphatic heterocycles. The quantitative estimate of drug-likeness (QED) is 0.478. The summed E-state index contributed by atoms with van der Waals surface area (Å²) in [5, 5.41) is 1.39. The van der Waals surface area contributed by atoms with Crippen molar-refractivity contribution in [1.82, 2.24) is 0 Å². The topological polar surface area (TPSA) is 52.6 Å². The highest BCUT2D eigenvalue weighted by Gasteiger charge is 2.51. The van der Waals surface area contributed by atoms with E-state index in [1.165, 1.54) is 19.4 Å². The van der Waals surface area contributed by atoms with Crippen LogP contribution in [-0.4, -0.2) is 34.2 Å². The van der Waals surface area contributed by atoms with Crippen molar-refractivity contribution in [2.75, 3.05) is 14.2 Å². The lowest BCUT2D eigenvalue weighted by atomic mass is 9.94. The number of esters is 2. The highest BCUT2D eigenvalue weighted by Crippen LogP contribution is 2.47. The lowest BCUT2D eigenvalue weighted by molar-refractivity contribution is -0.160. The maximum atomic E-state index is 12.2. The number of carbonyl (C=O) groups excluding carboxylic acids is 2. The van der Waals surface area contributed by atoms with Crippen LogP contribution in [0.5, 0.6) is 0 Å². The van der Waals surface area contributed by atoms with E-state index >= 15 is 0 Å². The van der Waals surface area contributed by atoms with Gasteiger partial charge in [0.25, 0.3) is 0 Å². The molecule has 5 heteroatoms. The molecule has 1 aliphatic rings. The molecule has 0 fully saturated rings. The molecular weight excluding hydrogens is 320 g/mol. The Labute approximate surface area is 144 Å². The Balaban J connectivity index is 2.42. The molecule has 4 nitrogen and oxygen atoms in total. The number of rotatable bonds is 4. The van der Waals surface area contributed by atoms with Crippen LogP contribution in [0.1, 0.15) is 20.8 Å². The van der Waals surface area contributed by atoms with Gasteiger partial charge in [0.1, 0.15) is 8.07 Å². The minimum atomic E-state index is -2.05. The lowest BCUT2D eigenvalue weighted by Crippen LogP contribution is -2.53. The summed E-state index contributed by atoms with van der Waals surface area (Å²) in [5.41, 5.74) is 2.28. The van der Waals surface area contributed by atoms with Gasteiger partial charge in [-0.25, -0.2) is 0 Å². The van der Waals surface area contributed by atoms with E-state index in [1.54, 1.807) is 0 Å². The number of benzene rings is 1. The Hall–Kier alpha value is -1.88. The van der Waals surface area contributed by atoms with Crippen molar-refractivity contribution in [2.24, 2.45) is 11.8 Å². The number of hydrogen-bond donors (Lipinski definition) is 0. The Kier molecular flexibility index (Phi) is 5.33. The molecule has 2 rings (SSSR count). The van der Waals surface area contributed by atoms with Gasteiger partial charge >= 0.3 is 11.9 Å². The van der Waals surface area contributed by atoms with Gasteiger partial charge < -0.3 is 9.47 Å². The van der Waals surface area contributed by atoms with E-state index in [4.69, 9.17) is 9.47 Å². The van der Waals surface area contributed by atoms with E-state index in [-0.39, 0.29) is 11.0 Å². The van der Waals surface area contributed by atoms with Gasteiger partial charge in [0.05, 0.1) is 14.2 Å². The van der Waals surface area contributed by atoms with E-state index in [2.05, 4.69) is 50.7 Å². The van der Waals surface area contributed by atoms with Crippen LogP contribution in [0.25, 0.3) is 0 Å². The Morgan fingerprint density at radius 3 is 2.08 bits per heavy atom. The standard InChI is InChI=1S/C19H26O4Si/c1-19(2,3)24(15-9-7-6-8-10-15)12-11-14(13-24)16(17(20)22-4)18(21)23-5/h6-12,14,16H,13H2,1-5H3/t14-,24+/m1/s1. The van der Waals surface area contributed by atoms with E-state index in [0.717, 1.165) is 6.04 Å². The number of methoxy groups -OCH3 is 2. The molecule has 0 aliphatic carbocycles. The highest BCUT2D eigenvalue weighted by molar-refractivity contribution is 6.98. The summed E-state index contributed by atoms with van der Waals surface area (Å²) < 4.78 is 9.70. The summed E-state index contributed by atoms with van der Waals surface area (Å²) in [5.74, 6) is -2.13. The fraction of sp³-hybridized carbons (Fsp3) is 0.474. The zero-order valence-corrected chi connectivity index (χ0v) is 16.0. The van der Waals surface area contributed by atoms with Gasteiger partial charge in [-0.15, -0.1) is 0 Å².